The van der Waals surface area contributed by atoms with E-state index in [1.807, 2.05) is 107 Å². The van der Waals surface area contributed by atoms with Crippen molar-refractivity contribution in [1.82, 2.24) is 10.2 Å². The van der Waals surface area contributed by atoms with Gasteiger partial charge in [0.15, 0.2) is 0 Å². The molecule has 2 amide bonds. The fraction of sp³-hybridized carbons (Fsp3) is 0.310. The summed E-state index contributed by atoms with van der Waals surface area (Å²) in [5, 5.41) is 3.04. The Morgan fingerprint density at radius 3 is 2.09 bits per heavy atom. The van der Waals surface area contributed by atoms with Crippen LogP contribution in [0.4, 0.5) is 0 Å². The highest BCUT2D eigenvalue weighted by Gasteiger charge is 2.30. The maximum atomic E-state index is 13.7. The van der Waals surface area contributed by atoms with Crippen LogP contribution < -0.4 is 5.32 Å². The number of hydrogen-bond acceptors (Lipinski definition) is 2. The largest absolute Gasteiger partial charge is 0.352 e. The Balaban J connectivity index is 1.97. The molecule has 3 aromatic carbocycles. The second-order valence-electron chi connectivity index (χ2n) is 8.98. The lowest BCUT2D eigenvalue weighted by atomic mass is 10.00. The van der Waals surface area contributed by atoms with Gasteiger partial charge in [0.05, 0.1) is 6.42 Å². The van der Waals surface area contributed by atoms with Gasteiger partial charge < -0.3 is 10.2 Å². The second kappa shape index (κ2) is 11.5. The first-order valence-electron chi connectivity index (χ1n) is 11.6. The maximum absolute atomic E-state index is 13.7. The Morgan fingerprint density at radius 1 is 0.818 bits per heavy atom. The van der Waals surface area contributed by atoms with Gasteiger partial charge in [-0.3, -0.25) is 9.59 Å². The van der Waals surface area contributed by atoms with Gasteiger partial charge in [0.2, 0.25) is 11.8 Å². The van der Waals surface area contributed by atoms with E-state index in [0.717, 1.165) is 27.8 Å². The van der Waals surface area contributed by atoms with Crippen molar-refractivity contribution in [3.05, 3.63) is 107 Å². The Morgan fingerprint density at radius 2 is 1.45 bits per heavy atom. The van der Waals surface area contributed by atoms with Crippen molar-refractivity contribution < 1.29 is 9.59 Å². The average molecular weight is 443 g/mol. The van der Waals surface area contributed by atoms with Crippen molar-refractivity contribution in [1.29, 1.82) is 0 Å². The van der Waals surface area contributed by atoms with Crippen LogP contribution in [0.15, 0.2) is 78.9 Å². The van der Waals surface area contributed by atoms with Crippen molar-refractivity contribution >= 4 is 11.8 Å². The molecule has 0 aromatic heterocycles. The Hall–Kier alpha value is -3.40. The Kier molecular flexibility index (Phi) is 8.42. The van der Waals surface area contributed by atoms with E-state index in [4.69, 9.17) is 0 Å². The van der Waals surface area contributed by atoms with Crippen molar-refractivity contribution in [3.63, 3.8) is 0 Å². The van der Waals surface area contributed by atoms with E-state index in [1.165, 1.54) is 0 Å². The zero-order valence-corrected chi connectivity index (χ0v) is 20.0. The smallest absolute Gasteiger partial charge is 0.243 e. The molecule has 3 rings (SSSR count). The Labute approximate surface area is 197 Å². The molecule has 0 aliphatic carbocycles. The minimum Gasteiger partial charge on any atom is -0.352 e. The van der Waals surface area contributed by atoms with Crippen LogP contribution in [-0.4, -0.2) is 28.8 Å². The molecule has 0 saturated carbocycles. The van der Waals surface area contributed by atoms with Crippen LogP contribution in [-0.2, 0) is 29.0 Å². The standard InChI is InChI=1S/C29H34N2O2/c1-21(2)30-29(33)27(18-24-11-6-5-7-12-24)31(20-25-16-14-22(3)15-17-25)28(32)19-26-13-9-8-10-23(26)4/h5-17,21,27H,18-20H2,1-4H3,(H,30,33)/t27-/m1/s1. The number of nitrogens with one attached hydrogen (secondary N) is 1. The number of benzene rings is 3. The van der Waals surface area contributed by atoms with Gasteiger partial charge in [-0.15, -0.1) is 0 Å². The van der Waals surface area contributed by atoms with E-state index in [2.05, 4.69) is 5.32 Å². The quantitative estimate of drug-likeness (QED) is 0.506. The molecular weight excluding hydrogens is 408 g/mol. The molecule has 0 fully saturated rings. The first-order chi connectivity index (χ1) is 15.8. The summed E-state index contributed by atoms with van der Waals surface area (Å²) in [4.78, 5) is 28.8. The molecule has 3 aromatic rings. The molecule has 0 unspecified atom stereocenters. The monoisotopic (exact) mass is 442 g/mol. The molecular formula is C29H34N2O2. The lowest BCUT2D eigenvalue weighted by molar-refractivity contribution is -0.141. The summed E-state index contributed by atoms with van der Waals surface area (Å²) in [6.45, 7) is 8.32. The van der Waals surface area contributed by atoms with Crippen molar-refractivity contribution in [2.45, 2.75) is 59.2 Å². The molecule has 0 aliphatic heterocycles. The van der Waals surface area contributed by atoms with Gasteiger partial charge in [-0.05, 0) is 49.9 Å². The molecule has 0 bridgehead atoms. The molecule has 172 valence electrons. The summed E-state index contributed by atoms with van der Waals surface area (Å²) >= 11 is 0. The van der Waals surface area contributed by atoms with Crippen LogP contribution in [0.1, 0.15) is 41.7 Å². The highest BCUT2D eigenvalue weighted by atomic mass is 16.2. The summed E-state index contributed by atoms with van der Waals surface area (Å²) < 4.78 is 0. The lowest BCUT2D eigenvalue weighted by Gasteiger charge is -2.32. The first kappa shape index (κ1) is 24.2. The van der Waals surface area contributed by atoms with Crippen molar-refractivity contribution in [2.24, 2.45) is 0 Å². The fourth-order valence-corrected chi connectivity index (χ4v) is 3.90. The first-order valence-corrected chi connectivity index (χ1v) is 11.6. The Bertz CT molecular complexity index is 1060. The average Bonchev–Trinajstić information content (AvgIpc) is 2.79. The third kappa shape index (κ3) is 7.04. The lowest BCUT2D eigenvalue weighted by Crippen LogP contribution is -2.52. The zero-order valence-electron chi connectivity index (χ0n) is 20.0. The summed E-state index contributed by atoms with van der Waals surface area (Å²) in [5.41, 5.74) is 5.26. The molecule has 33 heavy (non-hydrogen) atoms. The van der Waals surface area contributed by atoms with Gasteiger partial charge in [0.25, 0.3) is 0 Å². The van der Waals surface area contributed by atoms with Crippen LogP contribution in [0.25, 0.3) is 0 Å². The fourth-order valence-electron chi connectivity index (χ4n) is 3.90. The molecule has 4 nitrogen and oxygen atoms in total. The minimum absolute atomic E-state index is 0.0107. The van der Waals surface area contributed by atoms with E-state index in [0.29, 0.717) is 13.0 Å². The van der Waals surface area contributed by atoms with Gasteiger partial charge in [-0.2, -0.15) is 0 Å². The number of amides is 2. The van der Waals surface area contributed by atoms with Gasteiger partial charge in [-0.25, -0.2) is 0 Å². The SMILES string of the molecule is Cc1ccc(CN(C(=O)Cc2ccccc2C)[C@H](Cc2ccccc2)C(=O)NC(C)C)cc1. The third-order valence-electron chi connectivity index (χ3n) is 5.78. The van der Waals surface area contributed by atoms with Crippen molar-refractivity contribution in [3.8, 4) is 0 Å². The van der Waals surface area contributed by atoms with Gasteiger partial charge in [-0.1, -0.05) is 84.4 Å². The van der Waals surface area contributed by atoms with E-state index in [9.17, 15) is 9.59 Å². The van der Waals surface area contributed by atoms with Crippen LogP contribution >= 0.6 is 0 Å². The molecule has 1 N–H and O–H groups in total. The molecule has 0 radical (unpaired) electrons. The highest BCUT2D eigenvalue weighted by molar-refractivity contribution is 5.89. The molecule has 0 heterocycles. The van der Waals surface area contributed by atoms with E-state index in [-0.39, 0.29) is 24.3 Å². The van der Waals surface area contributed by atoms with E-state index in [1.54, 1.807) is 4.90 Å². The highest BCUT2D eigenvalue weighted by Crippen LogP contribution is 2.18. The zero-order chi connectivity index (χ0) is 23.8. The number of nitrogens with zero attached hydrogens (tertiary/aromatic N) is 1. The van der Waals surface area contributed by atoms with Crippen LogP contribution in [0.2, 0.25) is 0 Å². The van der Waals surface area contributed by atoms with Crippen molar-refractivity contribution in [2.75, 3.05) is 0 Å². The second-order valence-corrected chi connectivity index (χ2v) is 8.98. The number of carbonyl (C=O) groups excluding carboxylic acids is 2. The summed E-state index contributed by atoms with van der Waals surface area (Å²) in [6.07, 6.45) is 0.726. The summed E-state index contributed by atoms with van der Waals surface area (Å²) in [5.74, 6) is -0.177. The van der Waals surface area contributed by atoms with Gasteiger partial charge in [0, 0.05) is 19.0 Å². The summed E-state index contributed by atoms with van der Waals surface area (Å²) in [6, 6.07) is 25.4. The molecule has 4 heteroatoms. The number of hydrogen-bond donors (Lipinski definition) is 1. The van der Waals surface area contributed by atoms with Crippen LogP contribution in [0, 0.1) is 13.8 Å². The van der Waals surface area contributed by atoms with E-state index >= 15 is 0 Å². The van der Waals surface area contributed by atoms with Gasteiger partial charge in [0.1, 0.15) is 6.04 Å². The molecule has 0 spiro atoms. The number of rotatable bonds is 9. The topological polar surface area (TPSA) is 49.4 Å². The minimum atomic E-state index is -0.604. The normalized spacial score (nSPS) is 11.8. The predicted molar refractivity (Wildman–Crippen MR) is 134 cm³/mol. The van der Waals surface area contributed by atoms with Crippen LogP contribution in [0.3, 0.4) is 0 Å². The maximum Gasteiger partial charge on any atom is 0.243 e. The van der Waals surface area contributed by atoms with Crippen LogP contribution in [0.5, 0.6) is 0 Å². The predicted octanol–water partition coefficient (Wildman–Crippen LogP) is 5.01. The number of carbonyl (C=O) groups is 2. The van der Waals surface area contributed by atoms with E-state index < -0.39 is 6.04 Å². The molecule has 0 saturated heterocycles. The van der Waals surface area contributed by atoms with Gasteiger partial charge >= 0.3 is 0 Å². The number of aryl methyl sites for hydroxylation is 2. The molecule has 0 aliphatic rings. The molecule has 1 atom stereocenters. The third-order valence-corrected chi connectivity index (χ3v) is 5.78. The summed E-state index contributed by atoms with van der Waals surface area (Å²) in [7, 11) is 0.